The number of anilines is 2. The van der Waals surface area contributed by atoms with Crippen LogP contribution in [0.2, 0.25) is 0 Å². The standard InChI is InChI=1S/C25H26N4O4S/c30-25(27-22-8-9-24(26-17-22)28-12-14-33-15-13-28)20-6-3-7-23(16-20)34(31,32)29-11-10-19-4-1-2-5-21(19)18-29/h1-9,16-17H,10-15,18H2,(H,27,30). The monoisotopic (exact) mass is 478 g/mol. The van der Waals surface area contributed by atoms with Crippen molar-refractivity contribution in [2.75, 3.05) is 43.1 Å². The molecule has 3 heterocycles. The van der Waals surface area contributed by atoms with E-state index in [1.54, 1.807) is 24.4 Å². The first-order valence-corrected chi connectivity index (χ1v) is 12.7. The fourth-order valence-electron chi connectivity index (χ4n) is 4.26. The van der Waals surface area contributed by atoms with Gasteiger partial charge in [-0.15, -0.1) is 0 Å². The molecule has 0 aliphatic carbocycles. The molecule has 0 atom stereocenters. The molecule has 1 aromatic heterocycles. The Kier molecular flexibility index (Phi) is 6.32. The van der Waals surface area contributed by atoms with Crippen LogP contribution in [0.3, 0.4) is 0 Å². The van der Waals surface area contributed by atoms with Gasteiger partial charge in [0.1, 0.15) is 5.82 Å². The molecule has 176 valence electrons. The van der Waals surface area contributed by atoms with Crippen LogP contribution in [0.25, 0.3) is 0 Å². The van der Waals surface area contributed by atoms with Crippen LogP contribution in [0.1, 0.15) is 21.5 Å². The molecule has 0 saturated carbocycles. The molecule has 9 heteroatoms. The summed E-state index contributed by atoms with van der Waals surface area (Å²) in [5.41, 5.74) is 3.01. The van der Waals surface area contributed by atoms with Crippen LogP contribution in [0, 0.1) is 0 Å². The molecule has 0 bridgehead atoms. The number of morpholine rings is 1. The number of sulfonamides is 1. The minimum Gasteiger partial charge on any atom is -0.378 e. The molecule has 34 heavy (non-hydrogen) atoms. The molecule has 2 aliphatic rings. The molecule has 8 nitrogen and oxygen atoms in total. The Labute approximate surface area is 199 Å². The Morgan fingerprint density at radius 1 is 0.941 bits per heavy atom. The normalized spacial score (nSPS) is 16.6. The third-order valence-electron chi connectivity index (χ3n) is 6.17. The number of aromatic nitrogens is 1. The van der Waals surface area contributed by atoms with Crippen LogP contribution in [0.4, 0.5) is 11.5 Å². The largest absolute Gasteiger partial charge is 0.378 e. The highest BCUT2D eigenvalue weighted by molar-refractivity contribution is 7.89. The number of ether oxygens (including phenoxy) is 1. The maximum absolute atomic E-state index is 13.3. The molecular formula is C25H26N4O4S. The fraction of sp³-hybridized carbons (Fsp3) is 0.280. The summed E-state index contributed by atoms with van der Waals surface area (Å²) in [6, 6.07) is 17.7. The van der Waals surface area contributed by atoms with Crippen molar-refractivity contribution in [3.63, 3.8) is 0 Å². The van der Waals surface area contributed by atoms with Crippen molar-refractivity contribution in [3.05, 3.63) is 83.6 Å². The Morgan fingerprint density at radius 2 is 1.74 bits per heavy atom. The quantitative estimate of drug-likeness (QED) is 0.606. The number of carbonyl (C=O) groups excluding carboxylic acids is 1. The number of rotatable bonds is 5. The molecule has 1 amide bonds. The van der Waals surface area contributed by atoms with Crippen LogP contribution in [0.15, 0.2) is 71.8 Å². The third kappa shape index (κ3) is 4.68. The molecular weight excluding hydrogens is 452 g/mol. The minimum absolute atomic E-state index is 0.111. The van der Waals surface area contributed by atoms with Gasteiger partial charge >= 0.3 is 0 Å². The fourth-order valence-corrected chi connectivity index (χ4v) is 5.73. The number of hydrogen-bond donors (Lipinski definition) is 1. The third-order valence-corrected chi connectivity index (χ3v) is 8.01. The molecule has 1 N–H and O–H groups in total. The van der Waals surface area contributed by atoms with E-state index in [0.717, 1.165) is 24.5 Å². The SMILES string of the molecule is O=C(Nc1ccc(N2CCOCC2)nc1)c1cccc(S(=O)(=O)N2CCc3ccccc3C2)c1. The topological polar surface area (TPSA) is 91.8 Å². The average Bonchev–Trinajstić information content (AvgIpc) is 2.89. The number of nitrogens with zero attached hydrogens (tertiary/aromatic N) is 3. The molecule has 0 radical (unpaired) electrons. The van der Waals surface area contributed by atoms with Gasteiger partial charge < -0.3 is 15.0 Å². The van der Waals surface area contributed by atoms with Gasteiger partial charge in [0.2, 0.25) is 10.0 Å². The van der Waals surface area contributed by atoms with Gasteiger partial charge in [0.25, 0.3) is 5.91 Å². The van der Waals surface area contributed by atoms with E-state index in [-0.39, 0.29) is 16.4 Å². The lowest BCUT2D eigenvalue weighted by Crippen LogP contribution is -2.36. The van der Waals surface area contributed by atoms with Gasteiger partial charge in [0.15, 0.2) is 0 Å². The molecule has 5 rings (SSSR count). The van der Waals surface area contributed by atoms with E-state index in [9.17, 15) is 13.2 Å². The Morgan fingerprint density at radius 3 is 2.50 bits per heavy atom. The van der Waals surface area contributed by atoms with Crippen molar-refractivity contribution >= 4 is 27.4 Å². The van der Waals surface area contributed by atoms with E-state index in [1.165, 1.54) is 22.0 Å². The summed E-state index contributed by atoms with van der Waals surface area (Å²) in [6.45, 7) is 3.64. The number of benzene rings is 2. The zero-order valence-corrected chi connectivity index (χ0v) is 19.5. The second kappa shape index (κ2) is 9.54. The maximum atomic E-state index is 13.3. The van der Waals surface area contributed by atoms with E-state index in [2.05, 4.69) is 15.2 Å². The van der Waals surface area contributed by atoms with E-state index >= 15 is 0 Å². The van der Waals surface area contributed by atoms with Gasteiger partial charge in [-0.05, 0) is 47.9 Å². The molecule has 1 fully saturated rings. The minimum atomic E-state index is -3.73. The van der Waals surface area contributed by atoms with Gasteiger partial charge in [-0.2, -0.15) is 4.31 Å². The molecule has 3 aromatic rings. The summed E-state index contributed by atoms with van der Waals surface area (Å²) in [4.78, 5) is 19.5. The molecule has 1 saturated heterocycles. The van der Waals surface area contributed by atoms with E-state index < -0.39 is 10.0 Å². The van der Waals surface area contributed by atoms with Gasteiger partial charge in [-0.25, -0.2) is 13.4 Å². The first kappa shape index (κ1) is 22.5. The van der Waals surface area contributed by atoms with Gasteiger partial charge in [0.05, 0.1) is 30.0 Å². The molecule has 0 unspecified atom stereocenters. The Balaban J connectivity index is 1.29. The lowest BCUT2D eigenvalue weighted by atomic mass is 10.0. The van der Waals surface area contributed by atoms with Crippen molar-refractivity contribution in [2.45, 2.75) is 17.9 Å². The second-order valence-electron chi connectivity index (χ2n) is 8.34. The van der Waals surface area contributed by atoms with Crippen molar-refractivity contribution in [2.24, 2.45) is 0 Å². The Bertz CT molecular complexity index is 1290. The predicted octanol–water partition coefficient (Wildman–Crippen LogP) is 2.92. The summed E-state index contributed by atoms with van der Waals surface area (Å²) in [7, 11) is -3.73. The van der Waals surface area contributed by atoms with Gasteiger partial charge in [0, 0.05) is 31.7 Å². The highest BCUT2D eigenvalue weighted by atomic mass is 32.2. The van der Waals surface area contributed by atoms with Crippen molar-refractivity contribution in [1.82, 2.24) is 9.29 Å². The highest BCUT2D eigenvalue weighted by Gasteiger charge is 2.28. The van der Waals surface area contributed by atoms with E-state index in [1.807, 2.05) is 30.3 Å². The number of carbonyl (C=O) groups is 1. The molecule has 0 spiro atoms. The van der Waals surface area contributed by atoms with Gasteiger partial charge in [-0.1, -0.05) is 30.3 Å². The first-order chi connectivity index (χ1) is 16.5. The average molecular weight is 479 g/mol. The highest BCUT2D eigenvalue weighted by Crippen LogP contribution is 2.25. The summed E-state index contributed by atoms with van der Waals surface area (Å²) < 4.78 is 33.4. The lowest BCUT2D eigenvalue weighted by molar-refractivity contribution is 0.102. The number of fused-ring (bicyclic) bond motifs is 1. The number of pyridine rings is 1. The van der Waals surface area contributed by atoms with Crippen LogP contribution < -0.4 is 10.2 Å². The maximum Gasteiger partial charge on any atom is 0.255 e. The number of nitrogens with one attached hydrogen (secondary N) is 1. The first-order valence-electron chi connectivity index (χ1n) is 11.3. The molecule has 2 aliphatic heterocycles. The summed E-state index contributed by atoms with van der Waals surface area (Å²) in [6.07, 6.45) is 2.28. The van der Waals surface area contributed by atoms with Crippen molar-refractivity contribution in [1.29, 1.82) is 0 Å². The van der Waals surface area contributed by atoms with Crippen molar-refractivity contribution in [3.8, 4) is 0 Å². The zero-order valence-electron chi connectivity index (χ0n) is 18.7. The Hall–Kier alpha value is -3.27. The molecule has 2 aromatic carbocycles. The van der Waals surface area contributed by atoms with Crippen LogP contribution in [0.5, 0.6) is 0 Å². The van der Waals surface area contributed by atoms with E-state index in [0.29, 0.717) is 38.4 Å². The summed E-state index contributed by atoms with van der Waals surface area (Å²) in [5.74, 6) is 0.444. The second-order valence-corrected chi connectivity index (χ2v) is 10.3. The van der Waals surface area contributed by atoms with Gasteiger partial charge in [-0.3, -0.25) is 4.79 Å². The summed E-state index contributed by atoms with van der Waals surface area (Å²) >= 11 is 0. The van der Waals surface area contributed by atoms with Crippen molar-refractivity contribution < 1.29 is 17.9 Å². The lowest BCUT2D eigenvalue weighted by Gasteiger charge is -2.28. The van der Waals surface area contributed by atoms with Crippen LogP contribution in [-0.2, 0) is 27.7 Å². The smallest absolute Gasteiger partial charge is 0.255 e. The van der Waals surface area contributed by atoms with Crippen LogP contribution in [-0.4, -0.2) is 56.5 Å². The zero-order chi connectivity index (χ0) is 23.5. The number of hydrogen-bond acceptors (Lipinski definition) is 6. The van der Waals surface area contributed by atoms with Crippen LogP contribution >= 0.6 is 0 Å². The predicted molar refractivity (Wildman–Crippen MR) is 129 cm³/mol. The van der Waals surface area contributed by atoms with E-state index in [4.69, 9.17) is 4.74 Å². The number of amides is 1. The summed E-state index contributed by atoms with van der Waals surface area (Å²) in [5, 5.41) is 2.81.